The van der Waals surface area contributed by atoms with Crippen molar-refractivity contribution in [3.8, 4) is 0 Å². The summed E-state index contributed by atoms with van der Waals surface area (Å²) in [6, 6.07) is 11.7. The van der Waals surface area contributed by atoms with Gasteiger partial charge >= 0.3 is 0 Å². The fourth-order valence-corrected chi connectivity index (χ4v) is 2.57. The molecule has 4 heteroatoms. The number of ketones is 1. The van der Waals surface area contributed by atoms with Crippen LogP contribution in [0.3, 0.4) is 0 Å². The first kappa shape index (κ1) is 12.3. The number of carbonyl (C=O) groups excluding carboxylic acids is 1. The zero-order valence-electron chi connectivity index (χ0n) is 9.15. The van der Waals surface area contributed by atoms with Crippen LogP contribution in [0.4, 0.5) is 5.69 Å². The molecule has 17 heavy (non-hydrogen) atoms. The molecule has 88 valence electrons. The second kappa shape index (κ2) is 5.98. The summed E-state index contributed by atoms with van der Waals surface area (Å²) in [5.74, 6) is 0.197. The first-order valence-corrected chi connectivity index (χ1v) is 6.99. The average molecular weight is 310 g/mol. The van der Waals surface area contributed by atoms with Crippen LogP contribution in [0.1, 0.15) is 16.1 Å². The lowest BCUT2D eigenvalue weighted by molar-refractivity contribution is 0.0990. The largest absolute Gasteiger partial charge is 0.385 e. The van der Waals surface area contributed by atoms with Crippen LogP contribution in [-0.2, 0) is 0 Å². The van der Waals surface area contributed by atoms with E-state index in [1.807, 2.05) is 41.8 Å². The number of carbonyl (C=O) groups is 1. The predicted octanol–water partition coefficient (Wildman–Crippen LogP) is 4.20. The Morgan fingerprint density at radius 3 is 2.88 bits per heavy atom. The maximum absolute atomic E-state index is 11.7. The van der Waals surface area contributed by atoms with E-state index in [9.17, 15) is 4.79 Å². The molecule has 0 bridgehead atoms. The van der Waals surface area contributed by atoms with Crippen LogP contribution >= 0.6 is 27.3 Å². The maximum Gasteiger partial charge on any atom is 0.174 e. The van der Waals surface area contributed by atoms with Gasteiger partial charge in [-0.3, -0.25) is 4.79 Å². The van der Waals surface area contributed by atoms with E-state index in [4.69, 9.17) is 0 Å². The van der Waals surface area contributed by atoms with Crippen LogP contribution in [0.15, 0.2) is 46.3 Å². The molecule has 0 amide bonds. The average Bonchev–Trinajstić information content (AvgIpc) is 2.82. The van der Waals surface area contributed by atoms with E-state index >= 15 is 0 Å². The molecule has 0 atom stereocenters. The first-order valence-electron chi connectivity index (χ1n) is 5.32. The van der Waals surface area contributed by atoms with E-state index in [0.29, 0.717) is 13.0 Å². The van der Waals surface area contributed by atoms with Gasteiger partial charge in [0.25, 0.3) is 0 Å². The summed E-state index contributed by atoms with van der Waals surface area (Å²) in [7, 11) is 0. The molecule has 0 aliphatic rings. The Kier molecular flexibility index (Phi) is 4.34. The minimum atomic E-state index is 0.197. The van der Waals surface area contributed by atoms with E-state index in [-0.39, 0.29) is 5.78 Å². The number of anilines is 1. The van der Waals surface area contributed by atoms with Crippen molar-refractivity contribution in [2.75, 3.05) is 11.9 Å². The Hall–Kier alpha value is -1.13. The van der Waals surface area contributed by atoms with Crippen LogP contribution < -0.4 is 5.32 Å². The third kappa shape index (κ3) is 3.68. The van der Waals surface area contributed by atoms with Crippen molar-refractivity contribution in [1.29, 1.82) is 0 Å². The smallest absolute Gasteiger partial charge is 0.174 e. The predicted molar refractivity (Wildman–Crippen MR) is 75.9 cm³/mol. The molecule has 0 spiro atoms. The Bertz CT molecular complexity index is 496. The van der Waals surface area contributed by atoms with Gasteiger partial charge in [-0.05, 0) is 29.6 Å². The van der Waals surface area contributed by atoms with E-state index < -0.39 is 0 Å². The molecule has 0 unspecified atom stereocenters. The molecule has 1 aromatic heterocycles. The summed E-state index contributed by atoms with van der Waals surface area (Å²) >= 11 is 4.90. The highest BCUT2D eigenvalue weighted by molar-refractivity contribution is 9.10. The lowest BCUT2D eigenvalue weighted by Gasteiger charge is -2.05. The highest BCUT2D eigenvalue weighted by Gasteiger charge is 2.05. The number of benzene rings is 1. The molecule has 0 saturated carbocycles. The fourth-order valence-electron chi connectivity index (χ4n) is 1.48. The number of hydrogen-bond donors (Lipinski definition) is 1. The molecule has 1 heterocycles. The monoisotopic (exact) mass is 309 g/mol. The highest BCUT2D eigenvalue weighted by atomic mass is 79.9. The number of hydrogen-bond acceptors (Lipinski definition) is 3. The van der Waals surface area contributed by atoms with E-state index in [1.54, 1.807) is 0 Å². The van der Waals surface area contributed by atoms with Crippen LogP contribution in [0, 0.1) is 0 Å². The molecule has 2 aromatic rings. The van der Waals surface area contributed by atoms with E-state index in [1.165, 1.54) is 11.3 Å². The molecule has 0 radical (unpaired) electrons. The van der Waals surface area contributed by atoms with Crippen LogP contribution in [-0.4, -0.2) is 12.3 Å². The Labute approximate surface area is 113 Å². The quantitative estimate of drug-likeness (QED) is 0.839. The molecule has 0 aliphatic carbocycles. The summed E-state index contributed by atoms with van der Waals surface area (Å²) < 4.78 is 1.03. The number of rotatable bonds is 5. The summed E-state index contributed by atoms with van der Waals surface area (Å²) in [5, 5.41) is 5.16. The lowest BCUT2D eigenvalue weighted by atomic mass is 10.2. The molecule has 0 fully saturated rings. The molecule has 0 aliphatic heterocycles. The summed E-state index contributed by atoms with van der Waals surface area (Å²) in [6.45, 7) is 0.660. The highest BCUT2D eigenvalue weighted by Crippen LogP contribution is 2.16. The first-order chi connectivity index (χ1) is 8.25. The summed E-state index contributed by atoms with van der Waals surface area (Å²) in [5.41, 5.74) is 1.03. The Morgan fingerprint density at radius 2 is 2.18 bits per heavy atom. The minimum absolute atomic E-state index is 0.197. The molecular formula is C13H12BrNOS. The van der Waals surface area contributed by atoms with Crippen molar-refractivity contribution in [2.24, 2.45) is 0 Å². The molecule has 2 rings (SSSR count). The van der Waals surface area contributed by atoms with Gasteiger partial charge in [-0.15, -0.1) is 11.3 Å². The van der Waals surface area contributed by atoms with Gasteiger partial charge in [0.1, 0.15) is 0 Å². The van der Waals surface area contributed by atoms with E-state index in [0.717, 1.165) is 15.0 Å². The number of thiophene rings is 1. The number of nitrogens with one attached hydrogen (secondary N) is 1. The number of halogens is 1. The van der Waals surface area contributed by atoms with Crippen molar-refractivity contribution in [1.82, 2.24) is 0 Å². The fraction of sp³-hybridized carbons (Fsp3) is 0.154. The lowest BCUT2D eigenvalue weighted by Crippen LogP contribution is -2.07. The van der Waals surface area contributed by atoms with Crippen molar-refractivity contribution >= 4 is 38.7 Å². The van der Waals surface area contributed by atoms with Gasteiger partial charge in [0, 0.05) is 23.1 Å². The van der Waals surface area contributed by atoms with Crippen molar-refractivity contribution in [2.45, 2.75) is 6.42 Å². The minimum Gasteiger partial charge on any atom is -0.385 e. The summed E-state index contributed by atoms with van der Waals surface area (Å²) in [6.07, 6.45) is 0.521. The van der Waals surface area contributed by atoms with Gasteiger partial charge in [-0.1, -0.05) is 28.1 Å². The van der Waals surface area contributed by atoms with Gasteiger partial charge in [0.05, 0.1) is 4.88 Å². The molecule has 0 saturated heterocycles. The van der Waals surface area contributed by atoms with Gasteiger partial charge in [-0.25, -0.2) is 0 Å². The van der Waals surface area contributed by atoms with Gasteiger partial charge < -0.3 is 5.32 Å². The SMILES string of the molecule is O=C(CCNc1cccc(Br)c1)c1cccs1. The Morgan fingerprint density at radius 1 is 1.29 bits per heavy atom. The second-order valence-electron chi connectivity index (χ2n) is 3.59. The van der Waals surface area contributed by atoms with Gasteiger partial charge in [0.15, 0.2) is 5.78 Å². The van der Waals surface area contributed by atoms with Crippen LogP contribution in [0.5, 0.6) is 0 Å². The standard InChI is InChI=1S/C13H12BrNOS/c14-10-3-1-4-11(9-10)15-7-6-12(16)13-5-2-8-17-13/h1-5,8-9,15H,6-7H2. The third-order valence-electron chi connectivity index (χ3n) is 2.30. The zero-order chi connectivity index (χ0) is 12.1. The van der Waals surface area contributed by atoms with Gasteiger partial charge in [0.2, 0.25) is 0 Å². The maximum atomic E-state index is 11.7. The normalized spacial score (nSPS) is 10.2. The van der Waals surface area contributed by atoms with E-state index in [2.05, 4.69) is 21.2 Å². The molecule has 1 N–H and O–H groups in total. The zero-order valence-corrected chi connectivity index (χ0v) is 11.6. The van der Waals surface area contributed by atoms with Crippen molar-refractivity contribution in [3.63, 3.8) is 0 Å². The van der Waals surface area contributed by atoms with Crippen molar-refractivity contribution < 1.29 is 4.79 Å². The van der Waals surface area contributed by atoms with Crippen LogP contribution in [0.2, 0.25) is 0 Å². The van der Waals surface area contributed by atoms with Crippen molar-refractivity contribution in [3.05, 3.63) is 51.1 Å². The third-order valence-corrected chi connectivity index (χ3v) is 3.71. The Balaban J connectivity index is 1.82. The molecular weight excluding hydrogens is 298 g/mol. The topological polar surface area (TPSA) is 29.1 Å². The second-order valence-corrected chi connectivity index (χ2v) is 5.45. The van der Waals surface area contributed by atoms with Crippen LogP contribution in [0.25, 0.3) is 0 Å². The molecule has 1 aromatic carbocycles. The summed E-state index contributed by atoms with van der Waals surface area (Å²) in [4.78, 5) is 12.6. The molecule has 2 nitrogen and oxygen atoms in total. The van der Waals surface area contributed by atoms with Gasteiger partial charge in [-0.2, -0.15) is 0 Å². The number of Topliss-reactive ketones (excluding diaryl/α,β-unsaturated/α-hetero) is 1.